The molecule has 4 saturated heterocycles. The third kappa shape index (κ3) is 13.1. The minimum absolute atomic E-state index is 0.194. The molecule has 2 aromatic carbocycles. The van der Waals surface area contributed by atoms with Crippen LogP contribution in [-0.2, 0) is 4.74 Å². The van der Waals surface area contributed by atoms with Crippen molar-refractivity contribution in [3.63, 3.8) is 0 Å². The van der Waals surface area contributed by atoms with E-state index in [1.165, 1.54) is 25.7 Å². The molecule has 0 aliphatic carbocycles. The SMILES string of the molecule is CC(C)(C)OC(=O)N1CCC2(CC1)CCN(c1ccc(C(=O)Nc3ccccc3N)cn1)CC2.ClCCl.Nc1ccccc1NC(=O)c1ccc(N2CCC3(CCNCC3)CC2)nc1. The molecule has 0 unspecified atom stereocenters. The molecule has 0 radical (unpaired) electrons. The second-order valence-electron chi connectivity index (χ2n) is 18.2. The van der Waals surface area contributed by atoms with Crippen LogP contribution in [0.4, 0.5) is 39.2 Å². The number of nitrogen functional groups attached to an aromatic ring is 2. The number of amides is 3. The number of nitrogens with one attached hydrogen (secondary N) is 3. The zero-order chi connectivity index (χ0) is 45.7. The highest BCUT2D eigenvalue weighted by atomic mass is 35.5. The van der Waals surface area contributed by atoms with Gasteiger partial charge >= 0.3 is 6.09 Å². The fourth-order valence-corrected chi connectivity index (χ4v) is 8.89. The molecule has 0 saturated carbocycles. The largest absolute Gasteiger partial charge is 0.444 e. The third-order valence-electron chi connectivity index (χ3n) is 12.9. The summed E-state index contributed by atoms with van der Waals surface area (Å²) in [6.07, 6.45) is 12.3. The normalized spacial score (nSPS) is 17.9. The quantitative estimate of drug-likeness (QED) is 0.0920. The minimum atomic E-state index is -0.463. The number of ether oxygens (including phenoxy) is 1. The van der Waals surface area contributed by atoms with Crippen molar-refractivity contribution in [1.29, 1.82) is 0 Å². The van der Waals surface area contributed by atoms with E-state index in [0.717, 1.165) is 89.7 Å². The van der Waals surface area contributed by atoms with Gasteiger partial charge in [0.15, 0.2) is 0 Å². The molecule has 3 amide bonds. The second kappa shape index (κ2) is 22.1. The highest BCUT2D eigenvalue weighted by molar-refractivity contribution is 6.40. The molecule has 14 nitrogen and oxygen atoms in total. The van der Waals surface area contributed by atoms with Gasteiger partial charge in [-0.2, -0.15) is 0 Å². The van der Waals surface area contributed by atoms with Gasteiger partial charge in [0.25, 0.3) is 11.8 Å². The molecule has 2 spiro atoms. The van der Waals surface area contributed by atoms with E-state index in [1.807, 2.05) is 68.1 Å². The number of para-hydroxylation sites is 4. The fraction of sp³-hybridized carbons (Fsp3) is 0.479. The number of alkyl halides is 2. The Labute approximate surface area is 387 Å². The first kappa shape index (κ1) is 48.2. The monoisotopic (exact) mass is 914 g/mol. The zero-order valence-corrected chi connectivity index (χ0v) is 38.9. The summed E-state index contributed by atoms with van der Waals surface area (Å²) < 4.78 is 5.53. The van der Waals surface area contributed by atoms with E-state index in [2.05, 4.69) is 35.7 Å². The third-order valence-corrected chi connectivity index (χ3v) is 12.9. The zero-order valence-electron chi connectivity index (χ0n) is 37.4. The summed E-state index contributed by atoms with van der Waals surface area (Å²) in [5.41, 5.74) is 15.5. The molecular weight excluding hydrogens is 851 g/mol. The number of nitrogens with zero attached hydrogens (tertiary/aromatic N) is 5. The molecule has 4 fully saturated rings. The van der Waals surface area contributed by atoms with Crippen LogP contribution in [-0.4, -0.2) is 96.1 Å². The van der Waals surface area contributed by atoms with Crippen LogP contribution in [0.2, 0.25) is 0 Å². The average molecular weight is 916 g/mol. The van der Waals surface area contributed by atoms with Crippen LogP contribution in [0, 0.1) is 10.8 Å². The van der Waals surface area contributed by atoms with Crippen LogP contribution in [0.25, 0.3) is 0 Å². The highest BCUT2D eigenvalue weighted by Gasteiger charge is 2.40. The van der Waals surface area contributed by atoms with Crippen molar-refractivity contribution in [2.75, 3.05) is 89.6 Å². The number of hydrogen-bond donors (Lipinski definition) is 5. The molecule has 4 aliphatic rings. The average Bonchev–Trinajstić information content (AvgIpc) is 3.29. The maximum Gasteiger partial charge on any atom is 0.410 e. The van der Waals surface area contributed by atoms with Crippen molar-refractivity contribution in [2.45, 2.75) is 77.7 Å². The summed E-state index contributed by atoms with van der Waals surface area (Å²) in [5.74, 6) is 1.41. The minimum Gasteiger partial charge on any atom is -0.444 e. The van der Waals surface area contributed by atoms with Gasteiger partial charge in [-0.1, -0.05) is 24.3 Å². The molecule has 4 aromatic rings. The number of anilines is 6. The molecule has 344 valence electrons. The van der Waals surface area contributed by atoms with Gasteiger partial charge in [0, 0.05) is 51.7 Å². The Morgan fingerprint density at radius 2 is 1.03 bits per heavy atom. The first-order valence-electron chi connectivity index (χ1n) is 22.3. The van der Waals surface area contributed by atoms with Gasteiger partial charge in [-0.3, -0.25) is 9.59 Å². The molecule has 4 aliphatic heterocycles. The van der Waals surface area contributed by atoms with Crippen molar-refractivity contribution in [1.82, 2.24) is 20.2 Å². The molecule has 7 N–H and O–H groups in total. The maximum atomic E-state index is 12.6. The second-order valence-corrected chi connectivity index (χ2v) is 19.0. The fourth-order valence-electron chi connectivity index (χ4n) is 8.89. The Kier molecular flexibility index (Phi) is 16.6. The number of benzene rings is 2. The summed E-state index contributed by atoms with van der Waals surface area (Å²) in [7, 11) is 0. The lowest BCUT2D eigenvalue weighted by Gasteiger charge is -2.47. The Bertz CT molecular complexity index is 2130. The Morgan fingerprint density at radius 1 is 0.641 bits per heavy atom. The van der Waals surface area contributed by atoms with Crippen LogP contribution in [0.5, 0.6) is 0 Å². The molecule has 16 heteroatoms. The lowest BCUT2D eigenvalue weighted by molar-refractivity contribution is 0.00662. The molecule has 6 heterocycles. The molecular formula is C48H64Cl2N10O4. The summed E-state index contributed by atoms with van der Waals surface area (Å²) in [6, 6.07) is 21.9. The number of pyridine rings is 2. The number of aromatic nitrogens is 2. The van der Waals surface area contributed by atoms with E-state index in [-0.39, 0.29) is 28.7 Å². The molecule has 2 aromatic heterocycles. The number of carbonyl (C=O) groups excluding carboxylic acids is 3. The number of halogens is 2. The van der Waals surface area contributed by atoms with E-state index >= 15 is 0 Å². The van der Waals surface area contributed by atoms with Crippen molar-refractivity contribution in [2.24, 2.45) is 10.8 Å². The van der Waals surface area contributed by atoms with E-state index in [9.17, 15) is 14.4 Å². The predicted molar refractivity (Wildman–Crippen MR) is 260 cm³/mol. The topological polar surface area (TPSA) is 184 Å². The van der Waals surface area contributed by atoms with Gasteiger partial charge < -0.3 is 46.9 Å². The standard InChI is InChI=1S/C26H35N5O3.C21H27N5O.CH2Cl2/c1-25(2,3)34-24(33)31-16-12-26(13-17-31)10-14-30(15-11-26)22-9-8-19(18-28-22)23(32)29-21-7-5-4-6-20(21)27;22-17-3-1-2-4-18(17)25-20(27)16-5-6-19(24-15-16)26-13-9-21(10-14-26)7-11-23-12-8-21;2-1-3/h4-9,18H,10-17,27H2,1-3H3,(H,29,32);1-6,15,23H,7-14,22H2,(H,25,27);1H2. The first-order chi connectivity index (χ1) is 30.7. The number of rotatable bonds is 6. The van der Waals surface area contributed by atoms with Crippen LogP contribution in [0.1, 0.15) is 92.9 Å². The van der Waals surface area contributed by atoms with Gasteiger partial charge in [-0.25, -0.2) is 14.8 Å². The van der Waals surface area contributed by atoms with Crippen LogP contribution < -0.4 is 37.2 Å². The molecule has 0 bridgehead atoms. The van der Waals surface area contributed by atoms with Crippen LogP contribution in [0.3, 0.4) is 0 Å². The van der Waals surface area contributed by atoms with Crippen molar-refractivity contribution < 1.29 is 19.1 Å². The number of carbonyl (C=O) groups is 3. The number of likely N-dealkylation sites (tertiary alicyclic amines) is 1. The number of nitrogens with two attached hydrogens (primary N) is 2. The van der Waals surface area contributed by atoms with Crippen LogP contribution >= 0.6 is 23.2 Å². The summed E-state index contributed by atoms with van der Waals surface area (Å²) in [4.78, 5) is 52.9. The summed E-state index contributed by atoms with van der Waals surface area (Å²) >= 11 is 9.53. The summed E-state index contributed by atoms with van der Waals surface area (Å²) in [6.45, 7) is 13.4. The Hall–Kier alpha value is -5.31. The van der Waals surface area contributed by atoms with Crippen molar-refractivity contribution >= 4 is 75.5 Å². The highest BCUT2D eigenvalue weighted by Crippen LogP contribution is 2.43. The van der Waals surface area contributed by atoms with Crippen molar-refractivity contribution in [3.8, 4) is 0 Å². The molecule has 0 atom stereocenters. The Morgan fingerprint density at radius 3 is 1.41 bits per heavy atom. The van der Waals surface area contributed by atoms with Gasteiger partial charge in [-0.15, -0.1) is 23.2 Å². The van der Waals surface area contributed by atoms with E-state index in [1.54, 1.807) is 42.7 Å². The van der Waals surface area contributed by atoms with Gasteiger partial charge in [0.1, 0.15) is 17.2 Å². The Balaban J connectivity index is 0.000000205. The molecule has 8 rings (SSSR count). The van der Waals surface area contributed by atoms with E-state index in [4.69, 9.17) is 39.4 Å². The number of hydrogen-bond acceptors (Lipinski definition) is 11. The van der Waals surface area contributed by atoms with E-state index in [0.29, 0.717) is 39.3 Å². The van der Waals surface area contributed by atoms with Gasteiger partial charge in [0.05, 0.1) is 39.2 Å². The molecule has 64 heavy (non-hydrogen) atoms. The summed E-state index contributed by atoms with van der Waals surface area (Å²) in [5, 5.41) is 9.33. The lowest BCUT2D eigenvalue weighted by atomic mass is 9.71. The number of piperidine rings is 4. The van der Waals surface area contributed by atoms with Gasteiger partial charge in [0.2, 0.25) is 0 Å². The predicted octanol–water partition coefficient (Wildman–Crippen LogP) is 8.84. The van der Waals surface area contributed by atoms with Crippen LogP contribution in [0.15, 0.2) is 85.2 Å². The smallest absolute Gasteiger partial charge is 0.410 e. The van der Waals surface area contributed by atoms with Gasteiger partial charge in [-0.05, 0) is 145 Å². The van der Waals surface area contributed by atoms with E-state index < -0.39 is 5.60 Å². The first-order valence-corrected chi connectivity index (χ1v) is 23.3. The lowest BCUT2D eigenvalue weighted by Crippen LogP contribution is -2.49. The maximum absolute atomic E-state index is 12.6. The van der Waals surface area contributed by atoms with Crippen molar-refractivity contribution in [3.05, 3.63) is 96.3 Å².